The van der Waals surface area contributed by atoms with Crippen molar-refractivity contribution in [2.75, 3.05) is 26.7 Å². The molecule has 14 heavy (non-hydrogen) atoms. The van der Waals surface area contributed by atoms with Crippen LogP contribution in [0.3, 0.4) is 0 Å². The number of hydrogen-bond donors (Lipinski definition) is 4. The van der Waals surface area contributed by atoms with Crippen molar-refractivity contribution >= 4 is 44.4 Å². The maximum absolute atomic E-state index is 9.15. The number of rotatable bonds is 0. The summed E-state index contributed by atoms with van der Waals surface area (Å²) < 4.78 is 9.15. The third kappa shape index (κ3) is 1290. The first-order chi connectivity index (χ1) is 5.73. The van der Waals surface area contributed by atoms with Crippen molar-refractivity contribution in [3.05, 3.63) is 0 Å². The lowest BCUT2D eigenvalue weighted by Gasteiger charge is -1.91. The Bertz CT molecular complexity index is 203. The lowest BCUT2D eigenvalue weighted by atomic mass is 11.9. The first kappa shape index (κ1) is 20.6. The van der Waals surface area contributed by atoms with Gasteiger partial charge in [0.15, 0.2) is 13.2 Å². The van der Waals surface area contributed by atoms with E-state index in [4.69, 9.17) is 24.1 Å². The van der Waals surface area contributed by atoms with Crippen LogP contribution in [0.1, 0.15) is 0 Å². The van der Waals surface area contributed by atoms with Gasteiger partial charge in [-0.2, -0.15) is 4.89 Å². The molecule has 5 nitrogen and oxygen atoms in total. The monoisotopic (exact) mass is 301 g/mol. The summed E-state index contributed by atoms with van der Waals surface area (Å²) in [5.41, 5.74) is 0. The summed E-state index contributed by atoms with van der Waals surface area (Å²) in [5, 5.41) is 0. The molecule has 0 spiro atoms. The fourth-order valence-electron chi connectivity index (χ4n) is 0. The maximum atomic E-state index is 9.15. The molecule has 88 valence electrons. The molecule has 0 fully saturated rings. The first-order valence-electron chi connectivity index (χ1n) is 3.14. The molecule has 1 unspecified atom stereocenters. The molecule has 0 aromatic rings. The number of hydrogen-bond acceptors (Lipinski definition) is 3. The minimum absolute atomic E-state index is 1.22. The Hall–Kier alpha value is 1.24. The zero-order valence-electron chi connectivity index (χ0n) is 8.36. The van der Waals surface area contributed by atoms with Gasteiger partial charge >= 0.3 is 8.03 Å². The van der Waals surface area contributed by atoms with E-state index in [0.29, 0.717) is 0 Å². The second-order valence-corrected chi connectivity index (χ2v) is 12.5. The maximum Gasteiger partial charge on any atom is 0.502 e. The summed E-state index contributed by atoms with van der Waals surface area (Å²) in [7, 11) is -1.87. The van der Waals surface area contributed by atoms with Gasteiger partial charge in [0.25, 0.3) is 0 Å². The Kier molecular flexibility index (Phi) is 13.9. The van der Waals surface area contributed by atoms with Crippen LogP contribution in [0, 0.1) is 0 Å². The lowest BCUT2D eigenvalue weighted by molar-refractivity contribution is 0.487. The quantitative estimate of drug-likeness (QED) is 0.493. The molecule has 0 aliphatic heterocycles. The van der Waals surface area contributed by atoms with E-state index in [1.165, 1.54) is 13.3 Å². The van der Waals surface area contributed by atoms with Crippen LogP contribution in [0.25, 0.3) is 0 Å². The average molecular weight is 301 g/mol. The SMILES string of the molecule is CP(C)(O)=S.CP(O)(O)=S.C[P+](=O)O. The van der Waals surface area contributed by atoms with Gasteiger partial charge in [-0.1, -0.05) is 11.8 Å². The Balaban J connectivity index is -0.000000131. The molecule has 4 N–H and O–H groups in total. The Morgan fingerprint density at radius 1 is 1.07 bits per heavy atom. The second kappa shape index (κ2) is 9.46. The fraction of sp³-hybridized carbons (Fsp3) is 1.00. The molecule has 10 heteroatoms. The average Bonchev–Trinajstić information content (AvgIpc) is 1.45. The second-order valence-electron chi connectivity index (χ2n) is 2.59. The van der Waals surface area contributed by atoms with Gasteiger partial charge < -0.3 is 14.7 Å². The predicted molar refractivity (Wildman–Crippen MR) is 68.7 cm³/mol. The van der Waals surface area contributed by atoms with Crippen LogP contribution in [0.4, 0.5) is 0 Å². The van der Waals surface area contributed by atoms with Crippen molar-refractivity contribution < 1.29 is 24.1 Å². The Morgan fingerprint density at radius 2 is 1.07 bits per heavy atom. The minimum Gasteiger partial charge on any atom is -0.366 e. The summed E-state index contributed by atoms with van der Waals surface area (Å²) in [6.07, 6.45) is -1.81. The lowest BCUT2D eigenvalue weighted by Crippen LogP contribution is -1.63. The van der Waals surface area contributed by atoms with Crippen molar-refractivity contribution in [3.63, 3.8) is 0 Å². The molecule has 0 saturated carbocycles. The van der Waals surface area contributed by atoms with Crippen LogP contribution < -0.4 is 0 Å². The van der Waals surface area contributed by atoms with Crippen molar-refractivity contribution in [2.24, 2.45) is 0 Å². The van der Waals surface area contributed by atoms with Gasteiger partial charge in [-0.05, 0) is 29.7 Å². The van der Waals surface area contributed by atoms with E-state index in [-0.39, 0.29) is 0 Å². The van der Waals surface area contributed by atoms with E-state index in [1.807, 2.05) is 0 Å². The molecule has 0 aliphatic carbocycles. The van der Waals surface area contributed by atoms with Crippen LogP contribution in [-0.2, 0) is 28.2 Å². The molecule has 1 atom stereocenters. The van der Waals surface area contributed by atoms with Crippen LogP contribution in [0.15, 0.2) is 0 Å². The van der Waals surface area contributed by atoms with Gasteiger partial charge in [0.05, 0.1) is 6.26 Å². The smallest absolute Gasteiger partial charge is 0.366 e. The molecule has 0 aromatic heterocycles. The van der Waals surface area contributed by atoms with Gasteiger partial charge in [0.1, 0.15) is 0 Å². The topological polar surface area (TPSA) is 98.0 Å². The van der Waals surface area contributed by atoms with Crippen molar-refractivity contribution in [2.45, 2.75) is 0 Å². The standard InChI is InChI=1S/C2H7OPS.CH5O2PS.CH3O2P/c2*1-4(2,3)5;1-4(2)3/h1-2H3,(H,3,5);1H3,(H2,2,3,5);1H3/p+1. The fourth-order valence-corrected chi connectivity index (χ4v) is 0. The molecule has 0 rings (SSSR count). The summed E-state index contributed by atoms with van der Waals surface area (Å²) in [5.74, 6) is 0. The van der Waals surface area contributed by atoms with E-state index in [1.54, 1.807) is 13.3 Å². The summed E-state index contributed by atoms with van der Waals surface area (Å²) in [4.78, 5) is 32.0. The van der Waals surface area contributed by atoms with E-state index in [0.717, 1.165) is 0 Å². The Morgan fingerprint density at radius 3 is 1.07 bits per heavy atom. The van der Waals surface area contributed by atoms with Gasteiger partial charge in [-0.25, -0.2) is 0 Å². The Labute approximate surface area is 95.3 Å². The van der Waals surface area contributed by atoms with Gasteiger partial charge in [-0.3, -0.25) is 0 Å². The van der Waals surface area contributed by atoms with Crippen LogP contribution in [0.2, 0.25) is 0 Å². The van der Waals surface area contributed by atoms with Crippen LogP contribution in [-0.4, -0.2) is 46.2 Å². The zero-order chi connectivity index (χ0) is 12.6. The highest BCUT2D eigenvalue weighted by molar-refractivity contribution is 8.11. The van der Waals surface area contributed by atoms with E-state index >= 15 is 0 Å². The molecule has 0 heterocycles. The molecule has 0 radical (unpaired) electrons. The van der Waals surface area contributed by atoms with Crippen molar-refractivity contribution in [1.82, 2.24) is 0 Å². The van der Waals surface area contributed by atoms with Crippen LogP contribution in [0.5, 0.6) is 0 Å². The van der Waals surface area contributed by atoms with Crippen LogP contribution >= 0.6 is 20.8 Å². The van der Waals surface area contributed by atoms with Gasteiger partial charge in [-0.15, -0.1) is 0 Å². The third-order valence-corrected chi connectivity index (χ3v) is 0. The van der Waals surface area contributed by atoms with Gasteiger partial charge in [0.2, 0.25) is 0 Å². The first-order valence-corrected chi connectivity index (χ1v) is 11.6. The van der Waals surface area contributed by atoms with Crippen molar-refractivity contribution in [3.8, 4) is 0 Å². The molecular weight excluding hydrogens is 285 g/mol. The van der Waals surface area contributed by atoms with Gasteiger partial charge in [0, 0.05) is 6.66 Å². The summed E-state index contributed by atoms with van der Waals surface area (Å²) >= 11 is 8.54. The van der Waals surface area contributed by atoms with Crippen molar-refractivity contribution in [1.29, 1.82) is 0 Å². The third-order valence-electron chi connectivity index (χ3n) is 0. The highest BCUT2D eigenvalue weighted by atomic mass is 32.5. The van der Waals surface area contributed by atoms with E-state index < -0.39 is 20.8 Å². The zero-order valence-corrected chi connectivity index (χ0v) is 12.7. The highest BCUT2D eigenvalue weighted by Gasteiger charge is 1.88. The molecule has 0 bridgehead atoms. The molecule has 0 amide bonds. The highest BCUT2D eigenvalue weighted by Crippen LogP contribution is 2.28. The normalized spacial score (nSPS) is 11.6. The summed E-state index contributed by atoms with van der Waals surface area (Å²) in [6, 6.07) is 0. The predicted octanol–water partition coefficient (Wildman–Crippen LogP) is 0.894. The largest absolute Gasteiger partial charge is 0.502 e. The molecule has 0 aliphatic rings. The molecular formula is C4H16O5P3S2+. The van der Waals surface area contributed by atoms with E-state index in [2.05, 4.69) is 23.6 Å². The van der Waals surface area contributed by atoms with E-state index in [9.17, 15) is 0 Å². The molecule has 0 aromatic carbocycles. The molecule has 0 saturated heterocycles. The minimum atomic E-state index is -2.81. The summed E-state index contributed by atoms with van der Waals surface area (Å²) in [6.45, 7) is 2.99.